The Morgan fingerprint density at radius 1 is 1.21 bits per heavy atom. The van der Waals surface area contributed by atoms with Crippen LogP contribution in [0.25, 0.3) is 0 Å². The van der Waals surface area contributed by atoms with Crippen molar-refractivity contribution < 1.29 is 19.1 Å². The predicted octanol–water partition coefficient (Wildman–Crippen LogP) is 3.02. The highest BCUT2D eigenvalue weighted by molar-refractivity contribution is 7.18. The minimum atomic E-state index is -0.815. The highest BCUT2D eigenvalue weighted by atomic mass is 35.5. The summed E-state index contributed by atoms with van der Waals surface area (Å²) >= 11 is 7.31. The van der Waals surface area contributed by atoms with Gasteiger partial charge in [-0.25, -0.2) is 4.98 Å². The van der Waals surface area contributed by atoms with Crippen molar-refractivity contribution in [3.8, 4) is 11.5 Å². The predicted molar refractivity (Wildman–Crippen MR) is 112 cm³/mol. The fourth-order valence-corrected chi connectivity index (χ4v) is 4.03. The van der Waals surface area contributed by atoms with E-state index in [1.165, 1.54) is 11.3 Å². The van der Waals surface area contributed by atoms with Gasteiger partial charge in [-0.1, -0.05) is 22.9 Å². The Balaban J connectivity index is 1.51. The van der Waals surface area contributed by atoms with Crippen molar-refractivity contribution in [2.24, 2.45) is 0 Å². The lowest BCUT2D eigenvalue weighted by Gasteiger charge is -2.15. The van der Waals surface area contributed by atoms with Crippen molar-refractivity contribution in [2.45, 2.75) is 32.8 Å². The molecule has 1 aromatic heterocycles. The molecule has 1 fully saturated rings. The number of hydrogen-bond donors (Lipinski definition) is 2. The summed E-state index contributed by atoms with van der Waals surface area (Å²) in [4.78, 5) is 31.2. The summed E-state index contributed by atoms with van der Waals surface area (Å²) in [5, 5.41) is 0.846. The summed E-state index contributed by atoms with van der Waals surface area (Å²) in [5.74, 6) is 0.231. The Labute approximate surface area is 178 Å². The zero-order valence-electron chi connectivity index (χ0n) is 16.2. The van der Waals surface area contributed by atoms with Gasteiger partial charge in [-0.15, -0.1) is 0 Å². The fraction of sp³-hybridized carbons (Fsp3) is 0.421. The number of amides is 2. The molecule has 0 unspecified atom stereocenters. The van der Waals surface area contributed by atoms with Gasteiger partial charge in [-0.05, 0) is 51.0 Å². The van der Waals surface area contributed by atoms with Crippen molar-refractivity contribution in [3.63, 3.8) is 0 Å². The second kappa shape index (κ2) is 9.80. The first-order chi connectivity index (χ1) is 14.0. The Morgan fingerprint density at radius 3 is 2.52 bits per heavy atom. The van der Waals surface area contributed by atoms with Crippen LogP contribution in [0.3, 0.4) is 0 Å². The van der Waals surface area contributed by atoms with Crippen LogP contribution in [0.5, 0.6) is 11.5 Å². The number of rotatable bonds is 7. The van der Waals surface area contributed by atoms with Crippen molar-refractivity contribution in [3.05, 3.63) is 34.3 Å². The molecule has 1 aliphatic heterocycles. The molecular formula is C19H23ClN4O4S. The fourth-order valence-electron chi connectivity index (χ4n) is 2.79. The van der Waals surface area contributed by atoms with Crippen LogP contribution in [0, 0.1) is 0 Å². The molecule has 2 heterocycles. The van der Waals surface area contributed by atoms with E-state index in [1.54, 1.807) is 31.2 Å². The third-order valence-electron chi connectivity index (χ3n) is 4.27. The van der Waals surface area contributed by atoms with Crippen LogP contribution in [0.15, 0.2) is 24.3 Å². The zero-order valence-corrected chi connectivity index (χ0v) is 17.8. The van der Waals surface area contributed by atoms with Crippen LogP contribution in [-0.2, 0) is 4.79 Å². The quantitative estimate of drug-likeness (QED) is 0.645. The SMILES string of the molecule is CCOc1ccc(O[C@@H](C)C(=O)NNC(=O)c2sc(N3CCCC3)nc2Cl)cc1. The maximum Gasteiger partial charge on any atom is 0.283 e. The Bertz CT molecular complexity index is 852. The van der Waals surface area contributed by atoms with Crippen LogP contribution < -0.4 is 25.2 Å². The number of hydrogen-bond acceptors (Lipinski definition) is 7. The van der Waals surface area contributed by atoms with Crippen molar-refractivity contribution in [2.75, 3.05) is 24.6 Å². The van der Waals surface area contributed by atoms with Crippen molar-refractivity contribution in [1.82, 2.24) is 15.8 Å². The number of hydrazine groups is 1. The molecule has 0 radical (unpaired) electrons. The molecule has 10 heteroatoms. The number of nitrogens with zero attached hydrogens (tertiary/aromatic N) is 2. The zero-order chi connectivity index (χ0) is 20.8. The number of anilines is 1. The van der Waals surface area contributed by atoms with E-state index in [-0.39, 0.29) is 10.0 Å². The molecule has 29 heavy (non-hydrogen) atoms. The molecule has 8 nitrogen and oxygen atoms in total. The first-order valence-corrected chi connectivity index (χ1v) is 10.6. The molecule has 0 bridgehead atoms. The summed E-state index contributed by atoms with van der Waals surface area (Å²) in [6.45, 7) is 5.87. The molecule has 1 aliphatic rings. The summed E-state index contributed by atoms with van der Waals surface area (Å²) < 4.78 is 10.9. The van der Waals surface area contributed by atoms with Crippen LogP contribution in [0.4, 0.5) is 5.13 Å². The van der Waals surface area contributed by atoms with Gasteiger partial charge in [-0.2, -0.15) is 0 Å². The first-order valence-electron chi connectivity index (χ1n) is 9.39. The normalized spacial score (nSPS) is 14.4. The van der Waals surface area contributed by atoms with E-state index in [4.69, 9.17) is 21.1 Å². The van der Waals surface area contributed by atoms with Gasteiger partial charge >= 0.3 is 0 Å². The Morgan fingerprint density at radius 2 is 1.86 bits per heavy atom. The average Bonchev–Trinajstić information content (AvgIpc) is 3.37. The van der Waals surface area contributed by atoms with E-state index in [1.807, 2.05) is 6.92 Å². The maximum absolute atomic E-state index is 12.4. The monoisotopic (exact) mass is 438 g/mol. The number of benzene rings is 1. The standard InChI is InChI=1S/C19H23ClN4O4S/c1-3-27-13-6-8-14(9-7-13)28-12(2)17(25)22-23-18(26)15-16(20)21-19(29-15)24-10-4-5-11-24/h6-9,12H,3-5,10-11H2,1-2H3,(H,22,25)(H,23,26)/t12-/m0/s1. The maximum atomic E-state index is 12.4. The molecule has 0 aliphatic carbocycles. The lowest BCUT2D eigenvalue weighted by Crippen LogP contribution is -2.47. The summed E-state index contributed by atoms with van der Waals surface area (Å²) in [7, 11) is 0. The number of carbonyl (C=O) groups excluding carboxylic acids is 2. The van der Waals surface area contributed by atoms with Crippen molar-refractivity contribution >= 4 is 39.9 Å². The van der Waals surface area contributed by atoms with Gasteiger partial charge in [0, 0.05) is 13.1 Å². The topological polar surface area (TPSA) is 92.8 Å². The van der Waals surface area contributed by atoms with Crippen LogP contribution in [0.2, 0.25) is 5.15 Å². The molecule has 0 spiro atoms. The summed E-state index contributed by atoms with van der Waals surface area (Å²) in [5.41, 5.74) is 4.72. The summed E-state index contributed by atoms with van der Waals surface area (Å²) in [6, 6.07) is 6.94. The van der Waals surface area contributed by atoms with E-state index in [0.717, 1.165) is 36.8 Å². The van der Waals surface area contributed by atoms with E-state index in [0.29, 0.717) is 12.4 Å². The summed E-state index contributed by atoms with van der Waals surface area (Å²) in [6.07, 6.45) is 1.38. The average molecular weight is 439 g/mol. The molecule has 2 aromatic rings. The molecule has 1 saturated heterocycles. The van der Waals surface area contributed by atoms with Crippen LogP contribution >= 0.6 is 22.9 Å². The van der Waals surface area contributed by atoms with E-state index in [9.17, 15) is 9.59 Å². The molecule has 1 aromatic carbocycles. The van der Waals surface area contributed by atoms with Crippen LogP contribution in [0.1, 0.15) is 36.4 Å². The number of nitrogens with one attached hydrogen (secondary N) is 2. The third kappa shape index (κ3) is 5.51. The minimum Gasteiger partial charge on any atom is -0.494 e. The van der Waals surface area contributed by atoms with Gasteiger partial charge in [0.15, 0.2) is 16.4 Å². The Kier molecular flexibility index (Phi) is 7.16. The number of aromatic nitrogens is 1. The molecular weight excluding hydrogens is 416 g/mol. The number of carbonyl (C=O) groups is 2. The highest BCUT2D eigenvalue weighted by Gasteiger charge is 2.23. The molecule has 2 amide bonds. The van der Waals surface area contributed by atoms with Gasteiger partial charge in [0.2, 0.25) is 0 Å². The molecule has 3 rings (SSSR count). The van der Waals surface area contributed by atoms with E-state index in [2.05, 4.69) is 20.7 Å². The van der Waals surface area contributed by atoms with Gasteiger partial charge in [0.1, 0.15) is 16.4 Å². The lowest BCUT2D eigenvalue weighted by atomic mass is 10.3. The third-order valence-corrected chi connectivity index (χ3v) is 5.77. The molecule has 1 atom stereocenters. The minimum absolute atomic E-state index is 0.127. The van der Waals surface area contributed by atoms with Crippen LogP contribution in [-0.4, -0.2) is 42.6 Å². The lowest BCUT2D eigenvalue weighted by molar-refractivity contribution is -0.128. The number of ether oxygens (including phenoxy) is 2. The second-order valence-electron chi connectivity index (χ2n) is 6.42. The van der Waals surface area contributed by atoms with Gasteiger partial charge < -0.3 is 14.4 Å². The molecule has 0 saturated carbocycles. The number of thiazole rings is 1. The Hall–Kier alpha value is -2.52. The van der Waals surface area contributed by atoms with E-state index < -0.39 is 17.9 Å². The van der Waals surface area contributed by atoms with Gasteiger partial charge in [0.05, 0.1) is 6.61 Å². The molecule has 2 N–H and O–H groups in total. The molecule has 156 valence electrons. The smallest absolute Gasteiger partial charge is 0.283 e. The van der Waals surface area contributed by atoms with Crippen molar-refractivity contribution in [1.29, 1.82) is 0 Å². The van der Waals surface area contributed by atoms with Gasteiger partial charge in [-0.3, -0.25) is 20.4 Å². The number of halogens is 1. The largest absolute Gasteiger partial charge is 0.494 e. The highest BCUT2D eigenvalue weighted by Crippen LogP contribution is 2.31. The van der Waals surface area contributed by atoms with Gasteiger partial charge in [0.25, 0.3) is 11.8 Å². The van der Waals surface area contributed by atoms with E-state index >= 15 is 0 Å². The second-order valence-corrected chi connectivity index (χ2v) is 7.75. The first kappa shape index (κ1) is 21.2.